The quantitative estimate of drug-likeness (QED) is 0.310. The van der Waals surface area contributed by atoms with Crippen molar-refractivity contribution in [1.82, 2.24) is 49.5 Å². The monoisotopic (exact) mass is 498 g/mol. The third kappa shape index (κ3) is 4.84. The van der Waals surface area contributed by atoms with Gasteiger partial charge >= 0.3 is 5.69 Å². The SMILES string of the molecule is CCCCc1cn(-c2nncn2C(C)CC)c(=O)n1Cc1ccc(-c2ccccc2-c2nn[nH]n2)nc1. The lowest BCUT2D eigenvalue weighted by molar-refractivity contribution is 0.516. The molecule has 0 amide bonds. The van der Waals surface area contributed by atoms with Crippen LogP contribution >= 0.6 is 0 Å². The molecule has 5 aromatic rings. The van der Waals surface area contributed by atoms with Crippen molar-refractivity contribution in [3.05, 3.63) is 76.9 Å². The Bertz CT molecular complexity index is 1510. The summed E-state index contributed by atoms with van der Waals surface area (Å²) in [5, 5.41) is 22.7. The van der Waals surface area contributed by atoms with Gasteiger partial charge in [0.1, 0.15) is 6.33 Å². The Morgan fingerprint density at radius 3 is 2.59 bits per heavy atom. The zero-order valence-corrected chi connectivity index (χ0v) is 21.2. The fourth-order valence-corrected chi connectivity index (χ4v) is 4.35. The highest BCUT2D eigenvalue weighted by atomic mass is 16.2. The van der Waals surface area contributed by atoms with Crippen LogP contribution in [0, 0.1) is 0 Å². The van der Waals surface area contributed by atoms with Crippen LogP contribution < -0.4 is 5.69 Å². The molecule has 190 valence electrons. The van der Waals surface area contributed by atoms with E-state index in [-0.39, 0.29) is 11.7 Å². The van der Waals surface area contributed by atoms with Gasteiger partial charge in [-0.2, -0.15) is 5.21 Å². The van der Waals surface area contributed by atoms with Crippen LogP contribution in [0.25, 0.3) is 28.6 Å². The number of tetrazole rings is 1. The Hall–Kier alpha value is -4.41. The van der Waals surface area contributed by atoms with Gasteiger partial charge in [0.15, 0.2) is 0 Å². The van der Waals surface area contributed by atoms with Crippen molar-refractivity contribution < 1.29 is 0 Å². The fraction of sp³-hybridized carbons (Fsp3) is 0.346. The molecule has 37 heavy (non-hydrogen) atoms. The van der Waals surface area contributed by atoms with Gasteiger partial charge in [0.2, 0.25) is 11.8 Å². The average Bonchev–Trinajstić information content (AvgIpc) is 3.69. The highest BCUT2D eigenvalue weighted by Gasteiger charge is 2.19. The van der Waals surface area contributed by atoms with Gasteiger partial charge in [0, 0.05) is 35.3 Å². The highest BCUT2D eigenvalue weighted by Crippen LogP contribution is 2.28. The molecule has 0 saturated heterocycles. The summed E-state index contributed by atoms with van der Waals surface area (Å²) in [5.74, 6) is 1.06. The number of rotatable bonds is 10. The number of benzene rings is 1. The number of nitrogens with one attached hydrogen (secondary N) is 1. The summed E-state index contributed by atoms with van der Waals surface area (Å²) in [6.45, 7) is 6.76. The molecule has 0 spiro atoms. The van der Waals surface area contributed by atoms with Gasteiger partial charge in [-0.25, -0.2) is 9.36 Å². The molecule has 11 nitrogen and oxygen atoms in total. The summed E-state index contributed by atoms with van der Waals surface area (Å²) in [6, 6.07) is 12.0. The Balaban J connectivity index is 1.47. The summed E-state index contributed by atoms with van der Waals surface area (Å²) in [6.07, 6.45) is 9.16. The minimum atomic E-state index is -0.129. The van der Waals surface area contributed by atoms with E-state index in [0.29, 0.717) is 18.3 Å². The molecular weight excluding hydrogens is 468 g/mol. The Morgan fingerprint density at radius 2 is 1.89 bits per heavy atom. The van der Waals surface area contributed by atoms with Crippen LogP contribution in [0.4, 0.5) is 0 Å². The number of pyridine rings is 1. The summed E-state index contributed by atoms with van der Waals surface area (Å²) in [7, 11) is 0. The molecule has 0 bridgehead atoms. The van der Waals surface area contributed by atoms with Gasteiger partial charge in [-0.15, -0.1) is 20.4 Å². The van der Waals surface area contributed by atoms with Gasteiger partial charge in [0.05, 0.1) is 12.2 Å². The summed E-state index contributed by atoms with van der Waals surface area (Å²) < 4.78 is 5.38. The van der Waals surface area contributed by atoms with Crippen LogP contribution in [-0.2, 0) is 13.0 Å². The standard InChI is InChI=1S/C26H30N10O/c1-4-6-9-20-16-35(25-31-28-17-36(25)18(3)5-2)26(37)34(20)15-19-12-13-23(27-14-19)21-10-7-8-11-22(21)24-29-32-33-30-24/h7-8,10-14,16-18H,4-6,9,15H2,1-3H3,(H,29,30,32,33). The van der Waals surface area contributed by atoms with Crippen LogP contribution in [0.3, 0.4) is 0 Å². The van der Waals surface area contributed by atoms with E-state index < -0.39 is 0 Å². The second kappa shape index (κ2) is 10.7. The number of aryl methyl sites for hydroxylation is 1. The van der Waals surface area contributed by atoms with Crippen molar-refractivity contribution in [1.29, 1.82) is 0 Å². The molecule has 0 aliphatic carbocycles. The number of nitrogens with zero attached hydrogens (tertiary/aromatic N) is 9. The zero-order chi connectivity index (χ0) is 25.8. The number of H-pyrrole nitrogens is 1. The smallest absolute Gasteiger partial charge is 0.296 e. The Kier molecular flexibility index (Phi) is 7.02. The minimum Gasteiger partial charge on any atom is -0.296 e. The van der Waals surface area contributed by atoms with Crippen LogP contribution in [0.5, 0.6) is 0 Å². The van der Waals surface area contributed by atoms with Gasteiger partial charge in [-0.1, -0.05) is 50.6 Å². The molecule has 1 atom stereocenters. The van der Waals surface area contributed by atoms with Crippen molar-refractivity contribution in [2.45, 2.75) is 59.0 Å². The largest absolute Gasteiger partial charge is 0.335 e. The fourth-order valence-electron chi connectivity index (χ4n) is 4.35. The molecule has 0 fully saturated rings. The number of hydrogen-bond donors (Lipinski definition) is 1. The van der Waals surface area contributed by atoms with Gasteiger partial charge in [-0.05, 0) is 43.0 Å². The molecule has 1 aromatic carbocycles. The topological polar surface area (TPSA) is 125 Å². The van der Waals surface area contributed by atoms with Crippen LogP contribution in [0.2, 0.25) is 0 Å². The Morgan fingerprint density at radius 1 is 1.05 bits per heavy atom. The first kappa shape index (κ1) is 24.3. The predicted octanol–water partition coefficient (Wildman–Crippen LogP) is 3.83. The molecule has 5 rings (SSSR count). The maximum atomic E-state index is 13.6. The number of unbranched alkanes of at least 4 members (excludes halogenated alkanes) is 1. The van der Waals surface area contributed by atoms with Crippen LogP contribution in [0.15, 0.2) is 59.9 Å². The van der Waals surface area contributed by atoms with Crippen LogP contribution in [-0.4, -0.2) is 49.5 Å². The molecule has 0 radical (unpaired) electrons. The molecule has 1 unspecified atom stereocenters. The predicted molar refractivity (Wildman–Crippen MR) is 139 cm³/mol. The zero-order valence-electron chi connectivity index (χ0n) is 21.2. The first-order chi connectivity index (χ1) is 18.1. The summed E-state index contributed by atoms with van der Waals surface area (Å²) in [4.78, 5) is 18.3. The first-order valence-corrected chi connectivity index (χ1v) is 12.6. The van der Waals surface area contributed by atoms with Crippen molar-refractivity contribution in [3.8, 4) is 28.6 Å². The lowest BCUT2D eigenvalue weighted by Crippen LogP contribution is -2.27. The molecule has 11 heteroatoms. The van der Waals surface area contributed by atoms with E-state index in [9.17, 15) is 4.79 Å². The lowest BCUT2D eigenvalue weighted by atomic mass is 10.0. The molecule has 0 saturated carbocycles. The van der Waals surface area contributed by atoms with Gasteiger partial charge in [-0.3, -0.25) is 14.1 Å². The van der Waals surface area contributed by atoms with Gasteiger partial charge < -0.3 is 0 Å². The number of imidazole rings is 1. The van der Waals surface area contributed by atoms with E-state index in [4.69, 9.17) is 4.98 Å². The second-order valence-electron chi connectivity index (χ2n) is 9.09. The number of aromatic amines is 1. The lowest BCUT2D eigenvalue weighted by Gasteiger charge is -2.12. The minimum absolute atomic E-state index is 0.129. The third-order valence-corrected chi connectivity index (χ3v) is 6.64. The van der Waals surface area contributed by atoms with Crippen molar-refractivity contribution in [2.75, 3.05) is 0 Å². The van der Waals surface area contributed by atoms with Gasteiger partial charge in [0.25, 0.3) is 0 Å². The molecule has 4 heterocycles. The average molecular weight is 499 g/mol. The maximum Gasteiger partial charge on any atom is 0.335 e. The second-order valence-corrected chi connectivity index (χ2v) is 9.09. The molecule has 1 N–H and O–H groups in total. The van der Waals surface area contributed by atoms with E-state index in [1.54, 1.807) is 10.9 Å². The molecular formula is C26H30N10O. The summed E-state index contributed by atoms with van der Waals surface area (Å²) in [5.41, 5.74) is 4.32. The van der Waals surface area contributed by atoms with Crippen molar-refractivity contribution in [2.24, 2.45) is 0 Å². The molecule has 0 aliphatic rings. The van der Waals surface area contributed by atoms with E-state index in [1.807, 2.05) is 57.9 Å². The van der Waals surface area contributed by atoms with Crippen molar-refractivity contribution in [3.63, 3.8) is 0 Å². The Labute approximate surface area is 214 Å². The maximum absolute atomic E-state index is 13.6. The summed E-state index contributed by atoms with van der Waals surface area (Å²) >= 11 is 0. The normalized spacial score (nSPS) is 12.2. The third-order valence-electron chi connectivity index (χ3n) is 6.64. The highest BCUT2D eigenvalue weighted by molar-refractivity contribution is 5.78. The first-order valence-electron chi connectivity index (χ1n) is 12.6. The van der Waals surface area contributed by atoms with Crippen molar-refractivity contribution >= 4 is 0 Å². The molecule has 0 aliphatic heterocycles. The molecule has 4 aromatic heterocycles. The number of aromatic nitrogens is 10. The van der Waals surface area contributed by atoms with E-state index >= 15 is 0 Å². The van der Waals surface area contributed by atoms with E-state index in [1.165, 1.54) is 0 Å². The van der Waals surface area contributed by atoms with Crippen LogP contribution in [0.1, 0.15) is 57.3 Å². The number of hydrogen-bond acceptors (Lipinski definition) is 7. The van der Waals surface area contributed by atoms with E-state index in [0.717, 1.165) is 53.8 Å². The van der Waals surface area contributed by atoms with E-state index in [2.05, 4.69) is 51.6 Å².